The minimum atomic E-state index is -0.400. The van der Waals surface area contributed by atoms with Crippen molar-refractivity contribution in [3.05, 3.63) is 12.2 Å². The molecule has 1 unspecified atom stereocenters. The van der Waals surface area contributed by atoms with Crippen molar-refractivity contribution in [2.75, 3.05) is 18.8 Å². The molecule has 22 heavy (non-hydrogen) atoms. The number of carbonyl (C=O) groups excluding carboxylic acids is 4. The van der Waals surface area contributed by atoms with Gasteiger partial charge < -0.3 is 0 Å². The lowest BCUT2D eigenvalue weighted by molar-refractivity contribution is -0.142. The highest BCUT2D eigenvalue weighted by molar-refractivity contribution is 8.00. The van der Waals surface area contributed by atoms with Crippen molar-refractivity contribution in [1.82, 2.24) is 9.80 Å². The summed E-state index contributed by atoms with van der Waals surface area (Å²) in [6.45, 7) is 6.37. The summed E-state index contributed by atoms with van der Waals surface area (Å²) in [5, 5.41) is -0.352. The van der Waals surface area contributed by atoms with Gasteiger partial charge in [0, 0.05) is 31.7 Å². The summed E-state index contributed by atoms with van der Waals surface area (Å²) in [4.78, 5) is 49.4. The first-order chi connectivity index (χ1) is 10.2. The van der Waals surface area contributed by atoms with E-state index in [9.17, 15) is 19.2 Å². The predicted molar refractivity (Wildman–Crippen MR) is 82.9 cm³/mol. The molecule has 0 aromatic carbocycles. The Morgan fingerprint density at radius 2 is 1.59 bits per heavy atom. The van der Waals surface area contributed by atoms with Crippen molar-refractivity contribution in [2.24, 2.45) is 5.41 Å². The van der Waals surface area contributed by atoms with Crippen LogP contribution in [0.1, 0.15) is 27.2 Å². The minimum Gasteiger partial charge on any atom is -0.280 e. The van der Waals surface area contributed by atoms with E-state index in [1.807, 2.05) is 0 Å². The zero-order valence-corrected chi connectivity index (χ0v) is 13.8. The lowest BCUT2D eigenvalue weighted by atomic mass is 10.0. The van der Waals surface area contributed by atoms with Crippen LogP contribution in [0, 0.1) is 5.41 Å². The van der Waals surface area contributed by atoms with Crippen LogP contribution in [-0.2, 0) is 19.2 Å². The second-order valence-electron chi connectivity index (χ2n) is 6.61. The van der Waals surface area contributed by atoms with E-state index < -0.39 is 11.8 Å². The molecule has 0 bridgehead atoms. The number of amides is 4. The first-order valence-electron chi connectivity index (χ1n) is 7.18. The predicted octanol–water partition coefficient (Wildman–Crippen LogP) is 0.818. The number of carbonyl (C=O) groups is 4. The van der Waals surface area contributed by atoms with Crippen LogP contribution >= 0.6 is 11.8 Å². The third kappa shape index (κ3) is 3.76. The van der Waals surface area contributed by atoms with Gasteiger partial charge in [0.2, 0.25) is 11.8 Å². The van der Waals surface area contributed by atoms with E-state index in [2.05, 4.69) is 20.8 Å². The normalized spacial score (nSPS) is 22.4. The van der Waals surface area contributed by atoms with Gasteiger partial charge in [0.25, 0.3) is 11.8 Å². The van der Waals surface area contributed by atoms with Crippen molar-refractivity contribution in [1.29, 1.82) is 0 Å². The van der Waals surface area contributed by atoms with Crippen molar-refractivity contribution < 1.29 is 19.2 Å². The van der Waals surface area contributed by atoms with Crippen LogP contribution in [0.5, 0.6) is 0 Å². The van der Waals surface area contributed by atoms with Crippen LogP contribution < -0.4 is 0 Å². The fraction of sp³-hybridized carbons (Fsp3) is 0.600. The van der Waals surface area contributed by atoms with E-state index in [0.717, 1.165) is 10.7 Å². The number of hydrogen-bond acceptors (Lipinski definition) is 5. The summed E-state index contributed by atoms with van der Waals surface area (Å²) in [5.74, 6) is -0.461. The lowest BCUT2D eigenvalue weighted by Crippen LogP contribution is -2.41. The Labute approximate surface area is 133 Å². The Bertz CT molecular complexity index is 532. The molecule has 0 N–H and O–H groups in total. The first kappa shape index (κ1) is 16.7. The Hall–Kier alpha value is -1.63. The zero-order valence-electron chi connectivity index (χ0n) is 13.0. The molecule has 2 heterocycles. The molecule has 0 spiro atoms. The molecule has 0 saturated carbocycles. The number of rotatable bonds is 5. The van der Waals surface area contributed by atoms with Gasteiger partial charge >= 0.3 is 0 Å². The molecule has 0 aliphatic carbocycles. The third-order valence-electron chi connectivity index (χ3n) is 3.37. The molecule has 1 atom stereocenters. The Kier molecular flexibility index (Phi) is 4.75. The molecule has 2 rings (SSSR count). The molecule has 0 radical (unpaired) electrons. The van der Waals surface area contributed by atoms with E-state index in [0.29, 0.717) is 0 Å². The summed E-state index contributed by atoms with van der Waals surface area (Å²) in [6, 6.07) is 0. The van der Waals surface area contributed by atoms with Crippen LogP contribution in [0.3, 0.4) is 0 Å². The molecule has 2 aliphatic rings. The summed E-state index contributed by atoms with van der Waals surface area (Å²) in [6.07, 6.45) is 2.58. The highest BCUT2D eigenvalue weighted by Gasteiger charge is 2.39. The van der Waals surface area contributed by atoms with Crippen LogP contribution in [0.25, 0.3) is 0 Å². The van der Waals surface area contributed by atoms with Gasteiger partial charge in [-0.05, 0) is 11.2 Å². The number of thioether (sulfide) groups is 1. The maximum absolute atomic E-state index is 12.3. The van der Waals surface area contributed by atoms with Crippen LogP contribution in [0.4, 0.5) is 0 Å². The fourth-order valence-electron chi connectivity index (χ4n) is 2.22. The highest BCUT2D eigenvalue weighted by Crippen LogP contribution is 2.30. The Morgan fingerprint density at radius 1 is 1.05 bits per heavy atom. The Morgan fingerprint density at radius 3 is 2.14 bits per heavy atom. The Balaban J connectivity index is 1.89. The molecule has 6 nitrogen and oxygen atoms in total. The van der Waals surface area contributed by atoms with Gasteiger partial charge in [-0.2, -0.15) is 0 Å². The van der Waals surface area contributed by atoms with E-state index in [-0.39, 0.29) is 42.0 Å². The summed E-state index contributed by atoms with van der Waals surface area (Å²) >= 11 is 1.49. The largest absolute Gasteiger partial charge is 0.280 e. The van der Waals surface area contributed by atoms with Crippen molar-refractivity contribution in [3.63, 3.8) is 0 Å². The first-order valence-corrected chi connectivity index (χ1v) is 8.23. The van der Waals surface area contributed by atoms with Gasteiger partial charge in [-0.25, -0.2) is 0 Å². The zero-order chi connectivity index (χ0) is 16.5. The van der Waals surface area contributed by atoms with Gasteiger partial charge in [-0.3, -0.25) is 29.0 Å². The van der Waals surface area contributed by atoms with Crippen molar-refractivity contribution in [2.45, 2.75) is 32.4 Å². The van der Waals surface area contributed by atoms with Crippen LogP contribution in [0.15, 0.2) is 12.2 Å². The standard InChI is InChI=1S/C15H20N2O4S/c1-15(2,3)9-22-10-8-13(20)17(14(10)21)7-6-16-11(18)4-5-12(16)19/h4-5,10H,6-9H2,1-3H3. The molecular formula is C15H20N2O4S. The lowest BCUT2D eigenvalue weighted by Gasteiger charge is -2.21. The summed E-state index contributed by atoms with van der Waals surface area (Å²) in [5.41, 5.74) is 0.0848. The maximum Gasteiger partial charge on any atom is 0.253 e. The van der Waals surface area contributed by atoms with Crippen LogP contribution in [-0.4, -0.2) is 57.5 Å². The van der Waals surface area contributed by atoms with Gasteiger partial charge in [0.1, 0.15) is 0 Å². The quantitative estimate of drug-likeness (QED) is 0.700. The average molecular weight is 324 g/mol. The molecule has 4 amide bonds. The van der Waals surface area contributed by atoms with E-state index >= 15 is 0 Å². The topological polar surface area (TPSA) is 74.8 Å². The van der Waals surface area contributed by atoms with Gasteiger partial charge in [-0.1, -0.05) is 20.8 Å². The SMILES string of the molecule is CC(C)(C)CSC1CC(=O)N(CCN2C(=O)C=CC2=O)C1=O. The van der Waals surface area contributed by atoms with Gasteiger partial charge in [0.05, 0.1) is 5.25 Å². The van der Waals surface area contributed by atoms with Crippen LogP contribution in [0.2, 0.25) is 0 Å². The smallest absolute Gasteiger partial charge is 0.253 e. The second-order valence-corrected chi connectivity index (χ2v) is 7.80. The van der Waals surface area contributed by atoms with E-state index in [1.54, 1.807) is 0 Å². The molecule has 120 valence electrons. The van der Waals surface area contributed by atoms with E-state index in [1.165, 1.54) is 28.8 Å². The average Bonchev–Trinajstić information content (AvgIpc) is 2.86. The number of likely N-dealkylation sites (tertiary alicyclic amines) is 1. The minimum absolute atomic E-state index is 0.0544. The molecular weight excluding hydrogens is 304 g/mol. The molecule has 0 aromatic rings. The van der Waals surface area contributed by atoms with Crippen molar-refractivity contribution >= 4 is 35.4 Å². The number of imide groups is 2. The molecule has 0 aromatic heterocycles. The van der Waals surface area contributed by atoms with Gasteiger partial charge in [-0.15, -0.1) is 11.8 Å². The number of nitrogens with zero attached hydrogens (tertiary/aromatic N) is 2. The number of hydrogen-bond donors (Lipinski definition) is 0. The molecule has 2 aliphatic heterocycles. The molecule has 1 fully saturated rings. The fourth-order valence-corrected chi connectivity index (χ4v) is 3.45. The summed E-state index contributed by atoms with van der Waals surface area (Å²) < 4.78 is 0. The maximum atomic E-state index is 12.3. The highest BCUT2D eigenvalue weighted by atomic mass is 32.2. The van der Waals surface area contributed by atoms with E-state index in [4.69, 9.17) is 0 Å². The second kappa shape index (κ2) is 6.24. The van der Waals surface area contributed by atoms with Crippen molar-refractivity contribution in [3.8, 4) is 0 Å². The van der Waals surface area contributed by atoms with Gasteiger partial charge in [0.15, 0.2) is 0 Å². The summed E-state index contributed by atoms with van der Waals surface area (Å²) in [7, 11) is 0. The molecule has 1 saturated heterocycles. The third-order valence-corrected chi connectivity index (χ3v) is 5.17. The monoisotopic (exact) mass is 324 g/mol. The molecule has 7 heteroatoms.